The monoisotopic (exact) mass is 265 g/mol. The molecule has 4 nitrogen and oxygen atoms in total. The summed E-state index contributed by atoms with van der Waals surface area (Å²) < 4.78 is 10.0. The van der Waals surface area contributed by atoms with Crippen LogP contribution in [0.25, 0.3) is 0 Å². The number of aryl methyl sites for hydroxylation is 1. The molecule has 0 amide bonds. The van der Waals surface area contributed by atoms with E-state index in [0.29, 0.717) is 12.6 Å². The highest BCUT2D eigenvalue weighted by atomic mass is 16.5. The zero-order chi connectivity index (χ0) is 14.1. The van der Waals surface area contributed by atoms with Crippen molar-refractivity contribution in [3.8, 4) is 5.75 Å². The van der Waals surface area contributed by atoms with Gasteiger partial charge in [-0.2, -0.15) is 0 Å². The van der Waals surface area contributed by atoms with Gasteiger partial charge in [-0.1, -0.05) is 12.1 Å². The molecule has 106 valence electrons. The smallest absolute Gasteiger partial charge is 0.308 e. The molecule has 0 saturated heterocycles. The van der Waals surface area contributed by atoms with Crippen molar-refractivity contribution in [2.75, 3.05) is 20.8 Å². The number of carbonyl (C=O) groups is 1. The Bertz CT molecular complexity index is 375. The number of hydrogen-bond acceptors (Lipinski definition) is 4. The van der Waals surface area contributed by atoms with Crippen molar-refractivity contribution in [2.45, 2.75) is 32.2 Å². The second-order valence-electron chi connectivity index (χ2n) is 4.55. The first-order valence-corrected chi connectivity index (χ1v) is 6.61. The van der Waals surface area contributed by atoms with Crippen LogP contribution < -0.4 is 10.1 Å². The summed E-state index contributed by atoms with van der Waals surface area (Å²) in [7, 11) is 3.35. The normalized spacial score (nSPS) is 11.9. The predicted molar refractivity (Wildman–Crippen MR) is 75.4 cm³/mol. The van der Waals surface area contributed by atoms with Gasteiger partial charge in [0.2, 0.25) is 0 Å². The van der Waals surface area contributed by atoms with Gasteiger partial charge in [-0.15, -0.1) is 0 Å². The van der Waals surface area contributed by atoms with Crippen LogP contribution in [0.1, 0.15) is 25.3 Å². The third-order valence-corrected chi connectivity index (χ3v) is 3.08. The van der Waals surface area contributed by atoms with E-state index < -0.39 is 0 Å². The Morgan fingerprint density at radius 2 is 2.00 bits per heavy atom. The molecule has 0 heterocycles. The molecule has 0 bridgehead atoms. The van der Waals surface area contributed by atoms with E-state index in [0.717, 1.165) is 18.6 Å². The van der Waals surface area contributed by atoms with Crippen LogP contribution in [0.5, 0.6) is 5.75 Å². The Hall–Kier alpha value is -1.55. The third-order valence-electron chi connectivity index (χ3n) is 3.08. The fourth-order valence-corrected chi connectivity index (χ4v) is 1.63. The molecule has 0 spiro atoms. The number of hydrogen-bond donors (Lipinski definition) is 1. The third kappa shape index (κ3) is 6.25. The Balaban J connectivity index is 2.33. The Kier molecular flexibility index (Phi) is 6.97. The molecule has 0 radical (unpaired) electrons. The minimum atomic E-state index is -0.252. The van der Waals surface area contributed by atoms with Crippen LogP contribution in [0.15, 0.2) is 24.3 Å². The molecular formula is C15H23NO3. The number of rotatable bonds is 8. The second kappa shape index (κ2) is 8.53. The zero-order valence-corrected chi connectivity index (χ0v) is 11.9. The SMILES string of the molecule is CNC(C)CCc1ccc(OCCC(=O)OC)cc1. The summed E-state index contributed by atoms with van der Waals surface area (Å²) in [6.45, 7) is 2.52. The molecule has 1 aromatic carbocycles. The van der Waals surface area contributed by atoms with Crippen LogP contribution in [-0.4, -0.2) is 32.8 Å². The molecule has 1 aromatic rings. The van der Waals surface area contributed by atoms with E-state index in [1.54, 1.807) is 0 Å². The van der Waals surface area contributed by atoms with Crippen molar-refractivity contribution in [1.82, 2.24) is 5.32 Å². The lowest BCUT2D eigenvalue weighted by Crippen LogP contribution is -2.21. The molecule has 1 rings (SSSR count). The van der Waals surface area contributed by atoms with E-state index in [2.05, 4.69) is 29.1 Å². The first-order chi connectivity index (χ1) is 9.15. The minimum absolute atomic E-state index is 0.252. The lowest BCUT2D eigenvalue weighted by molar-refractivity contribution is -0.141. The van der Waals surface area contributed by atoms with Crippen molar-refractivity contribution in [3.63, 3.8) is 0 Å². The maximum atomic E-state index is 10.9. The predicted octanol–water partition coefficient (Wildman–Crippen LogP) is 2.17. The van der Waals surface area contributed by atoms with E-state index in [9.17, 15) is 4.79 Å². The molecule has 0 saturated carbocycles. The first kappa shape index (κ1) is 15.5. The average Bonchev–Trinajstić information content (AvgIpc) is 2.45. The van der Waals surface area contributed by atoms with Gasteiger partial charge in [0.05, 0.1) is 20.1 Å². The number of benzene rings is 1. The summed E-state index contributed by atoms with van der Waals surface area (Å²) >= 11 is 0. The van der Waals surface area contributed by atoms with Gasteiger partial charge in [0, 0.05) is 6.04 Å². The highest BCUT2D eigenvalue weighted by Crippen LogP contribution is 2.14. The number of methoxy groups -OCH3 is 1. The average molecular weight is 265 g/mol. The summed E-state index contributed by atoms with van der Waals surface area (Å²) in [5.74, 6) is 0.534. The summed E-state index contributed by atoms with van der Waals surface area (Å²) in [5.41, 5.74) is 1.29. The summed E-state index contributed by atoms with van der Waals surface area (Å²) in [6, 6.07) is 8.54. The molecule has 0 fully saturated rings. The van der Waals surface area contributed by atoms with Gasteiger partial charge >= 0.3 is 5.97 Å². The van der Waals surface area contributed by atoms with E-state index in [1.165, 1.54) is 12.7 Å². The van der Waals surface area contributed by atoms with E-state index in [4.69, 9.17) is 4.74 Å². The van der Waals surface area contributed by atoms with Crippen molar-refractivity contribution in [3.05, 3.63) is 29.8 Å². The van der Waals surface area contributed by atoms with Crippen LogP contribution in [0.3, 0.4) is 0 Å². The van der Waals surface area contributed by atoms with Crippen molar-refractivity contribution in [1.29, 1.82) is 0 Å². The Morgan fingerprint density at radius 1 is 1.32 bits per heavy atom. The van der Waals surface area contributed by atoms with Crippen molar-refractivity contribution < 1.29 is 14.3 Å². The first-order valence-electron chi connectivity index (χ1n) is 6.61. The summed E-state index contributed by atoms with van der Waals surface area (Å²) in [5, 5.41) is 3.22. The number of nitrogens with one attached hydrogen (secondary N) is 1. The topological polar surface area (TPSA) is 47.6 Å². The van der Waals surface area contributed by atoms with Crippen LogP contribution >= 0.6 is 0 Å². The Labute approximate surface area is 115 Å². The number of carbonyl (C=O) groups excluding carboxylic acids is 1. The van der Waals surface area contributed by atoms with Crippen LogP contribution in [0.2, 0.25) is 0 Å². The molecule has 1 atom stereocenters. The van der Waals surface area contributed by atoms with Crippen molar-refractivity contribution >= 4 is 5.97 Å². The maximum absolute atomic E-state index is 10.9. The van der Waals surface area contributed by atoms with Gasteiger partial charge in [0.1, 0.15) is 5.75 Å². The van der Waals surface area contributed by atoms with Gasteiger partial charge in [0.25, 0.3) is 0 Å². The number of ether oxygens (including phenoxy) is 2. The molecule has 0 aliphatic heterocycles. The number of esters is 1. The van der Waals surface area contributed by atoms with Gasteiger partial charge in [-0.25, -0.2) is 0 Å². The fourth-order valence-electron chi connectivity index (χ4n) is 1.63. The van der Waals surface area contributed by atoms with E-state index in [-0.39, 0.29) is 12.4 Å². The standard InChI is InChI=1S/C15H23NO3/c1-12(16-2)4-5-13-6-8-14(9-7-13)19-11-10-15(17)18-3/h6-9,12,16H,4-5,10-11H2,1-3H3. The van der Waals surface area contributed by atoms with Gasteiger partial charge in [-0.05, 0) is 44.5 Å². The molecule has 0 aliphatic rings. The summed E-state index contributed by atoms with van der Waals surface area (Å²) in [4.78, 5) is 10.9. The molecule has 0 aliphatic carbocycles. The minimum Gasteiger partial charge on any atom is -0.493 e. The molecule has 0 aromatic heterocycles. The highest BCUT2D eigenvalue weighted by molar-refractivity contribution is 5.69. The quantitative estimate of drug-likeness (QED) is 0.732. The van der Waals surface area contributed by atoms with Gasteiger partial charge in [0.15, 0.2) is 0 Å². The lowest BCUT2D eigenvalue weighted by atomic mass is 10.1. The molecule has 19 heavy (non-hydrogen) atoms. The van der Waals surface area contributed by atoms with Crippen LogP contribution in [0.4, 0.5) is 0 Å². The van der Waals surface area contributed by atoms with Gasteiger partial charge < -0.3 is 14.8 Å². The molecular weight excluding hydrogens is 242 g/mol. The van der Waals surface area contributed by atoms with Crippen molar-refractivity contribution in [2.24, 2.45) is 0 Å². The van der Waals surface area contributed by atoms with E-state index >= 15 is 0 Å². The maximum Gasteiger partial charge on any atom is 0.308 e. The molecule has 1 unspecified atom stereocenters. The van der Waals surface area contributed by atoms with E-state index in [1.807, 2.05) is 19.2 Å². The largest absolute Gasteiger partial charge is 0.493 e. The highest BCUT2D eigenvalue weighted by Gasteiger charge is 2.02. The Morgan fingerprint density at radius 3 is 2.58 bits per heavy atom. The zero-order valence-electron chi connectivity index (χ0n) is 11.9. The fraction of sp³-hybridized carbons (Fsp3) is 0.533. The van der Waals surface area contributed by atoms with Gasteiger partial charge in [-0.3, -0.25) is 4.79 Å². The lowest BCUT2D eigenvalue weighted by Gasteiger charge is -2.10. The molecule has 4 heteroatoms. The molecule has 1 N–H and O–H groups in total. The second-order valence-corrected chi connectivity index (χ2v) is 4.55. The summed E-state index contributed by atoms with van der Waals surface area (Å²) in [6.07, 6.45) is 2.43. The van der Waals surface area contributed by atoms with Crippen LogP contribution in [-0.2, 0) is 16.0 Å². The van der Waals surface area contributed by atoms with Crippen LogP contribution in [0, 0.1) is 0 Å².